The number of hydrogen-bond donors (Lipinski definition) is 1. The minimum absolute atomic E-state index is 0.609. The normalized spacial score (nSPS) is 10.4. The van der Waals surface area contributed by atoms with Crippen molar-refractivity contribution in [1.82, 2.24) is 4.98 Å². The number of pyridine rings is 1. The second-order valence-electron chi connectivity index (χ2n) is 6.22. The number of rotatable bonds is 10. The van der Waals surface area contributed by atoms with Crippen LogP contribution in [0.2, 0.25) is 0 Å². The van der Waals surface area contributed by atoms with Crippen molar-refractivity contribution in [3.8, 4) is 11.5 Å². The Morgan fingerprint density at radius 1 is 0.852 bits per heavy atom. The third-order valence-electron chi connectivity index (χ3n) is 4.16. The van der Waals surface area contributed by atoms with Gasteiger partial charge in [-0.3, -0.25) is 0 Å². The zero-order valence-corrected chi connectivity index (χ0v) is 15.7. The lowest BCUT2D eigenvalue weighted by Crippen LogP contribution is -2.04. The van der Waals surface area contributed by atoms with Crippen molar-refractivity contribution >= 4 is 5.82 Å². The molecule has 0 aliphatic rings. The van der Waals surface area contributed by atoms with Crippen LogP contribution in [0.3, 0.4) is 0 Å². The Morgan fingerprint density at radius 2 is 1.70 bits per heavy atom. The average Bonchev–Trinajstić information content (AvgIpc) is 2.72. The molecule has 0 saturated carbocycles. The molecule has 1 aromatic heterocycles. The highest BCUT2D eigenvalue weighted by molar-refractivity contribution is 5.44. The Morgan fingerprint density at radius 3 is 2.48 bits per heavy atom. The zero-order chi connectivity index (χ0) is 18.7. The van der Waals surface area contributed by atoms with Crippen LogP contribution in [0.4, 0.5) is 5.82 Å². The highest BCUT2D eigenvalue weighted by Gasteiger charge is 2.07. The molecule has 0 unspecified atom stereocenters. The smallest absolute Gasteiger partial charge is 0.161 e. The highest BCUT2D eigenvalue weighted by atomic mass is 16.5. The van der Waals surface area contributed by atoms with Gasteiger partial charge in [0, 0.05) is 12.7 Å². The van der Waals surface area contributed by atoms with Crippen molar-refractivity contribution in [3.05, 3.63) is 84.1 Å². The van der Waals surface area contributed by atoms with Crippen molar-refractivity contribution in [2.24, 2.45) is 0 Å². The highest BCUT2D eigenvalue weighted by Crippen LogP contribution is 2.29. The van der Waals surface area contributed by atoms with Gasteiger partial charge in [-0.15, -0.1) is 0 Å². The van der Waals surface area contributed by atoms with Crippen LogP contribution >= 0.6 is 0 Å². The van der Waals surface area contributed by atoms with Gasteiger partial charge < -0.3 is 14.8 Å². The molecule has 0 amide bonds. The molecule has 140 valence electrons. The summed E-state index contributed by atoms with van der Waals surface area (Å²) in [6.45, 7) is 3.95. The second kappa shape index (κ2) is 10.2. The fourth-order valence-corrected chi connectivity index (χ4v) is 2.81. The molecule has 0 atom stereocenters. The molecule has 4 heteroatoms. The van der Waals surface area contributed by atoms with Crippen molar-refractivity contribution < 1.29 is 9.47 Å². The maximum atomic E-state index is 5.97. The van der Waals surface area contributed by atoms with E-state index in [1.54, 1.807) is 6.20 Å². The molecule has 1 heterocycles. The SMILES string of the molecule is CCOc1cc(CNc2ccccn2)ccc1OCCCc1ccccc1. The topological polar surface area (TPSA) is 43.4 Å². The molecule has 3 rings (SSSR count). The first-order chi connectivity index (χ1) is 13.3. The minimum atomic E-state index is 0.609. The van der Waals surface area contributed by atoms with E-state index in [9.17, 15) is 0 Å². The largest absolute Gasteiger partial charge is 0.490 e. The molecule has 0 bridgehead atoms. The summed E-state index contributed by atoms with van der Waals surface area (Å²) in [6.07, 6.45) is 3.76. The van der Waals surface area contributed by atoms with Gasteiger partial charge in [0.25, 0.3) is 0 Å². The lowest BCUT2D eigenvalue weighted by Gasteiger charge is -2.14. The summed E-state index contributed by atoms with van der Waals surface area (Å²) in [5.41, 5.74) is 2.46. The zero-order valence-electron chi connectivity index (χ0n) is 15.7. The number of benzene rings is 2. The predicted octanol–water partition coefficient (Wildman–Crippen LogP) is 5.10. The molecule has 2 aromatic carbocycles. The summed E-state index contributed by atoms with van der Waals surface area (Å²) in [5, 5.41) is 3.31. The van der Waals surface area contributed by atoms with Crippen molar-refractivity contribution in [3.63, 3.8) is 0 Å². The third-order valence-corrected chi connectivity index (χ3v) is 4.16. The number of nitrogens with one attached hydrogen (secondary N) is 1. The van der Waals surface area contributed by atoms with Crippen LogP contribution in [0.15, 0.2) is 72.9 Å². The minimum Gasteiger partial charge on any atom is -0.490 e. The van der Waals surface area contributed by atoms with Crippen molar-refractivity contribution in [2.75, 3.05) is 18.5 Å². The van der Waals surface area contributed by atoms with Crippen molar-refractivity contribution in [1.29, 1.82) is 0 Å². The summed E-state index contributed by atoms with van der Waals surface area (Å²) in [4.78, 5) is 4.28. The number of nitrogens with zero attached hydrogens (tertiary/aromatic N) is 1. The van der Waals surface area contributed by atoms with E-state index < -0.39 is 0 Å². The van der Waals surface area contributed by atoms with E-state index in [-0.39, 0.29) is 0 Å². The molecule has 3 aromatic rings. The molecular weight excluding hydrogens is 336 g/mol. The number of aryl methyl sites for hydroxylation is 1. The molecule has 0 aliphatic heterocycles. The summed E-state index contributed by atoms with van der Waals surface area (Å²) in [5.74, 6) is 2.45. The van der Waals surface area contributed by atoms with E-state index in [0.717, 1.165) is 35.7 Å². The molecule has 0 spiro atoms. The molecule has 0 fully saturated rings. The van der Waals surface area contributed by atoms with Gasteiger partial charge in [-0.05, 0) is 55.2 Å². The number of hydrogen-bond acceptors (Lipinski definition) is 4. The first-order valence-corrected chi connectivity index (χ1v) is 9.42. The van der Waals surface area contributed by atoms with Gasteiger partial charge in [0.15, 0.2) is 11.5 Å². The van der Waals surface area contributed by atoms with Crippen LogP contribution < -0.4 is 14.8 Å². The van der Waals surface area contributed by atoms with Gasteiger partial charge in [0.05, 0.1) is 13.2 Å². The van der Waals surface area contributed by atoms with Crippen LogP contribution in [0.5, 0.6) is 11.5 Å². The molecular formula is C23H26N2O2. The van der Waals surface area contributed by atoms with Gasteiger partial charge >= 0.3 is 0 Å². The average molecular weight is 362 g/mol. The first kappa shape index (κ1) is 18.8. The maximum absolute atomic E-state index is 5.97. The number of anilines is 1. The summed E-state index contributed by atoms with van der Waals surface area (Å²) in [7, 11) is 0. The van der Waals surface area contributed by atoms with E-state index in [1.165, 1.54) is 5.56 Å². The van der Waals surface area contributed by atoms with E-state index >= 15 is 0 Å². The lowest BCUT2D eigenvalue weighted by molar-refractivity contribution is 0.273. The number of ether oxygens (including phenoxy) is 2. The number of aromatic nitrogens is 1. The summed E-state index contributed by atoms with van der Waals surface area (Å²) >= 11 is 0. The monoisotopic (exact) mass is 362 g/mol. The second-order valence-corrected chi connectivity index (χ2v) is 6.22. The fourth-order valence-electron chi connectivity index (χ4n) is 2.81. The Labute approximate surface area is 161 Å². The van der Waals surface area contributed by atoms with E-state index in [2.05, 4.69) is 40.6 Å². The van der Waals surface area contributed by atoms with Crippen molar-refractivity contribution in [2.45, 2.75) is 26.3 Å². The van der Waals surface area contributed by atoms with Crippen LogP contribution in [0, 0.1) is 0 Å². The third kappa shape index (κ3) is 6.03. The van der Waals surface area contributed by atoms with Gasteiger partial charge in [-0.1, -0.05) is 42.5 Å². The van der Waals surface area contributed by atoms with Gasteiger partial charge in [0.2, 0.25) is 0 Å². The molecule has 0 saturated heterocycles. The van der Waals surface area contributed by atoms with Gasteiger partial charge in [-0.25, -0.2) is 4.98 Å². The van der Waals surface area contributed by atoms with Gasteiger partial charge in [0.1, 0.15) is 5.82 Å². The van der Waals surface area contributed by atoms with E-state index in [1.807, 2.05) is 43.3 Å². The fraction of sp³-hybridized carbons (Fsp3) is 0.261. The summed E-state index contributed by atoms with van der Waals surface area (Å²) < 4.78 is 11.7. The lowest BCUT2D eigenvalue weighted by atomic mass is 10.1. The van der Waals surface area contributed by atoms with Crippen LogP contribution in [-0.4, -0.2) is 18.2 Å². The predicted molar refractivity (Wildman–Crippen MR) is 109 cm³/mol. The first-order valence-electron chi connectivity index (χ1n) is 9.42. The Kier molecular flexibility index (Phi) is 7.10. The summed E-state index contributed by atoms with van der Waals surface area (Å²) in [6, 6.07) is 22.4. The Hall–Kier alpha value is -3.01. The van der Waals surface area contributed by atoms with Gasteiger partial charge in [-0.2, -0.15) is 0 Å². The molecule has 0 radical (unpaired) electrons. The van der Waals surface area contributed by atoms with Crippen LogP contribution in [-0.2, 0) is 13.0 Å². The van der Waals surface area contributed by atoms with E-state index in [4.69, 9.17) is 9.47 Å². The maximum Gasteiger partial charge on any atom is 0.161 e. The Bertz CT molecular complexity index is 807. The molecule has 0 aliphatic carbocycles. The van der Waals surface area contributed by atoms with E-state index in [0.29, 0.717) is 19.8 Å². The van der Waals surface area contributed by atoms with Crippen LogP contribution in [0.25, 0.3) is 0 Å². The quantitative estimate of drug-likeness (QED) is 0.509. The van der Waals surface area contributed by atoms with Crippen LogP contribution in [0.1, 0.15) is 24.5 Å². The Balaban J connectivity index is 1.54. The standard InChI is InChI=1S/C23H26N2O2/c1-2-26-22-17-20(18-25-23-12-6-7-15-24-23)13-14-21(22)27-16-8-11-19-9-4-3-5-10-19/h3-7,9-10,12-15,17H,2,8,11,16,18H2,1H3,(H,24,25). The molecule has 4 nitrogen and oxygen atoms in total. The molecule has 27 heavy (non-hydrogen) atoms. The molecule has 1 N–H and O–H groups in total.